The zero-order valence-corrected chi connectivity index (χ0v) is 11.4. The number of halogens is 1. The lowest BCUT2D eigenvalue weighted by Gasteiger charge is -2.13. The molecule has 1 aliphatic carbocycles. The molecule has 2 nitrogen and oxygen atoms in total. The largest absolute Gasteiger partial charge is 0.244 e. The minimum absolute atomic E-state index is 0.194. The van der Waals surface area contributed by atoms with Crippen LogP contribution in [0, 0.1) is 0 Å². The first-order valence-corrected chi connectivity index (χ1v) is 6.87. The van der Waals surface area contributed by atoms with E-state index in [4.69, 9.17) is 11.6 Å². The van der Waals surface area contributed by atoms with E-state index >= 15 is 0 Å². The molecule has 0 fully saturated rings. The topological polar surface area (TPSA) is 25.8 Å². The highest BCUT2D eigenvalue weighted by molar-refractivity contribution is 6.31. The molecular formula is C17H11ClN2. The second-order valence-electron chi connectivity index (χ2n) is 4.90. The monoisotopic (exact) mass is 278 g/mol. The van der Waals surface area contributed by atoms with Gasteiger partial charge in [0.1, 0.15) is 6.33 Å². The maximum atomic E-state index is 6.14. The molecule has 2 aromatic carbocycles. The molecule has 0 radical (unpaired) electrons. The first kappa shape index (κ1) is 11.6. The molecule has 1 aliphatic rings. The summed E-state index contributed by atoms with van der Waals surface area (Å²) in [5, 5.41) is 0.738. The lowest BCUT2D eigenvalue weighted by atomic mass is 9.90. The molecule has 3 heteroatoms. The van der Waals surface area contributed by atoms with Crippen LogP contribution in [0.2, 0.25) is 5.02 Å². The normalized spacial score (nSPS) is 15.8. The van der Waals surface area contributed by atoms with E-state index in [2.05, 4.69) is 40.3 Å². The van der Waals surface area contributed by atoms with Crippen molar-refractivity contribution >= 4 is 11.6 Å². The van der Waals surface area contributed by atoms with Gasteiger partial charge in [0.15, 0.2) is 0 Å². The lowest BCUT2D eigenvalue weighted by Crippen LogP contribution is -1.99. The van der Waals surface area contributed by atoms with Gasteiger partial charge in [-0.15, -0.1) is 0 Å². The standard InChI is InChI=1S/C17H11ClN2/c18-12-6-7-13-14(8-12)17-15(9-19-10-20-17)16(13)11-4-2-1-3-5-11/h1-10,16H. The van der Waals surface area contributed by atoms with Gasteiger partial charge < -0.3 is 0 Å². The van der Waals surface area contributed by atoms with Crippen molar-refractivity contribution in [3.05, 3.63) is 82.8 Å². The number of nitrogens with zero attached hydrogens (tertiary/aromatic N) is 2. The molecule has 4 rings (SSSR count). The molecule has 1 aromatic heterocycles. The van der Waals surface area contributed by atoms with Crippen LogP contribution in [0.5, 0.6) is 0 Å². The summed E-state index contributed by atoms with van der Waals surface area (Å²) in [4.78, 5) is 8.64. The van der Waals surface area contributed by atoms with Crippen LogP contribution < -0.4 is 0 Å². The van der Waals surface area contributed by atoms with Gasteiger partial charge in [-0.1, -0.05) is 48.0 Å². The fraction of sp³-hybridized carbons (Fsp3) is 0.0588. The number of rotatable bonds is 1. The number of benzene rings is 2. The molecule has 1 unspecified atom stereocenters. The summed E-state index contributed by atoms with van der Waals surface area (Å²) in [6.45, 7) is 0. The molecule has 3 aromatic rings. The Balaban J connectivity index is 2.02. The van der Waals surface area contributed by atoms with E-state index in [9.17, 15) is 0 Å². The van der Waals surface area contributed by atoms with Crippen LogP contribution in [-0.2, 0) is 0 Å². The van der Waals surface area contributed by atoms with Crippen molar-refractivity contribution in [3.8, 4) is 11.3 Å². The number of hydrogen-bond donors (Lipinski definition) is 0. The van der Waals surface area contributed by atoms with E-state index in [0.717, 1.165) is 21.8 Å². The highest BCUT2D eigenvalue weighted by Gasteiger charge is 2.31. The van der Waals surface area contributed by atoms with Gasteiger partial charge in [0, 0.05) is 28.3 Å². The van der Waals surface area contributed by atoms with Crippen LogP contribution >= 0.6 is 11.6 Å². The maximum absolute atomic E-state index is 6.14. The first-order chi connectivity index (χ1) is 9.84. The minimum Gasteiger partial charge on any atom is -0.244 e. The van der Waals surface area contributed by atoms with Gasteiger partial charge in [-0.25, -0.2) is 9.97 Å². The molecule has 1 heterocycles. The summed E-state index contributed by atoms with van der Waals surface area (Å²) >= 11 is 6.14. The van der Waals surface area contributed by atoms with Gasteiger partial charge in [-0.2, -0.15) is 0 Å². The smallest absolute Gasteiger partial charge is 0.116 e. The molecule has 20 heavy (non-hydrogen) atoms. The second-order valence-corrected chi connectivity index (χ2v) is 5.34. The Kier molecular flexibility index (Phi) is 2.57. The average Bonchev–Trinajstić information content (AvgIpc) is 2.82. The molecule has 96 valence electrons. The Bertz CT molecular complexity index is 784. The minimum atomic E-state index is 0.194. The molecule has 0 saturated carbocycles. The van der Waals surface area contributed by atoms with Crippen molar-refractivity contribution in [2.24, 2.45) is 0 Å². The van der Waals surface area contributed by atoms with Gasteiger partial charge in [0.2, 0.25) is 0 Å². The quantitative estimate of drug-likeness (QED) is 0.519. The first-order valence-electron chi connectivity index (χ1n) is 6.49. The van der Waals surface area contributed by atoms with E-state index in [1.807, 2.05) is 24.4 Å². The Morgan fingerprint density at radius 2 is 1.80 bits per heavy atom. The highest BCUT2D eigenvalue weighted by atomic mass is 35.5. The number of hydrogen-bond acceptors (Lipinski definition) is 2. The van der Waals surface area contributed by atoms with Gasteiger partial charge in [-0.05, 0) is 23.3 Å². The van der Waals surface area contributed by atoms with Crippen LogP contribution in [-0.4, -0.2) is 9.97 Å². The van der Waals surface area contributed by atoms with Crippen LogP contribution in [0.1, 0.15) is 22.6 Å². The summed E-state index contributed by atoms with van der Waals surface area (Å²) in [5.41, 5.74) is 5.76. The van der Waals surface area contributed by atoms with E-state index in [-0.39, 0.29) is 5.92 Å². The van der Waals surface area contributed by atoms with Crippen molar-refractivity contribution in [3.63, 3.8) is 0 Å². The second kappa shape index (κ2) is 4.43. The van der Waals surface area contributed by atoms with Gasteiger partial charge in [0.05, 0.1) is 5.69 Å². The summed E-state index contributed by atoms with van der Waals surface area (Å²) in [5.74, 6) is 0.194. The van der Waals surface area contributed by atoms with Crippen molar-refractivity contribution in [2.45, 2.75) is 5.92 Å². The van der Waals surface area contributed by atoms with Gasteiger partial charge >= 0.3 is 0 Å². The third-order valence-corrected chi connectivity index (χ3v) is 4.00. The predicted octanol–water partition coefficient (Wildman–Crippen LogP) is 4.29. The zero-order chi connectivity index (χ0) is 13.5. The fourth-order valence-corrected chi connectivity index (χ4v) is 3.11. The van der Waals surface area contributed by atoms with E-state index in [1.165, 1.54) is 11.1 Å². The Labute approximate surface area is 122 Å². The summed E-state index contributed by atoms with van der Waals surface area (Å²) < 4.78 is 0. The molecule has 0 amide bonds. The van der Waals surface area contributed by atoms with Crippen LogP contribution in [0.25, 0.3) is 11.3 Å². The SMILES string of the molecule is Clc1ccc2c(c1)-c1ncncc1C2c1ccccc1. The summed E-state index contributed by atoms with van der Waals surface area (Å²) in [7, 11) is 0. The van der Waals surface area contributed by atoms with Gasteiger partial charge in [-0.3, -0.25) is 0 Å². The van der Waals surface area contributed by atoms with Crippen LogP contribution in [0.4, 0.5) is 0 Å². The van der Waals surface area contributed by atoms with Crippen molar-refractivity contribution in [1.82, 2.24) is 9.97 Å². The van der Waals surface area contributed by atoms with Crippen molar-refractivity contribution in [2.75, 3.05) is 0 Å². The highest BCUT2D eigenvalue weighted by Crippen LogP contribution is 2.47. The summed E-state index contributed by atoms with van der Waals surface area (Å²) in [6, 6.07) is 16.5. The average molecular weight is 279 g/mol. The van der Waals surface area contributed by atoms with Crippen LogP contribution in [0.15, 0.2) is 61.1 Å². The maximum Gasteiger partial charge on any atom is 0.116 e. The van der Waals surface area contributed by atoms with Crippen LogP contribution in [0.3, 0.4) is 0 Å². The van der Waals surface area contributed by atoms with E-state index < -0.39 is 0 Å². The van der Waals surface area contributed by atoms with Gasteiger partial charge in [0.25, 0.3) is 0 Å². The Hall–Kier alpha value is -2.19. The Morgan fingerprint density at radius 3 is 2.65 bits per heavy atom. The fourth-order valence-electron chi connectivity index (χ4n) is 2.93. The van der Waals surface area contributed by atoms with E-state index in [0.29, 0.717) is 0 Å². The molecule has 0 spiro atoms. The summed E-state index contributed by atoms with van der Waals surface area (Å²) in [6.07, 6.45) is 3.50. The molecular weight excluding hydrogens is 268 g/mol. The van der Waals surface area contributed by atoms with E-state index in [1.54, 1.807) is 6.33 Å². The molecule has 1 atom stereocenters. The molecule has 0 bridgehead atoms. The predicted molar refractivity (Wildman–Crippen MR) is 79.9 cm³/mol. The third kappa shape index (κ3) is 1.65. The third-order valence-electron chi connectivity index (χ3n) is 3.77. The van der Waals surface area contributed by atoms with Crippen molar-refractivity contribution in [1.29, 1.82) is 0 Å². The molecule has 0 aliphatic heterocycles. The molecule has 0 N–H and O–H groups in total. The number of aromatic nitrogens is 2. The number of fused-ring (bicyclic) bond motifs is 3. The lowest BCUT2D eigenvalue weighted by molar-refractivity contribution is 0.987. The Morgan fingerprint density at radius 1 is 0.950 bits per heavy atom. The molecule has 0 saturated heterocycles. The zero-order valence-electron chi connectivity index (χ0n) is 10.6. The van der Waals surface area contributed by atoms with Crippen molar-refractivity contribution < 1.29 is 0 Å².